The summed E-state index contributed by atoms with van der Waals surface area (Å²) in [7, 11) is 3.08. The van der Waals surface area contributed by atoms with E-state index in [4.69, 9.17) is 0 Å². The third-order valence-electron chi connectivity index (χ3n) is 4.14. The molecule has 0 amide bonds. The van der Waals surface area contributed by atoms with Crippen molar-refractivity contribution in [3.05, 3.63) is 0 Å². The number of methoxy groups -OCH3 is 3. The summed E-state index contributed by atoms with van der Waals surface area (Å²) in [6.07, 6.45) is 1.87. The maximum absolute atomic E-state index is 12.7. The number of ketones is 1. The van der Waals surface area contributed by atoms with Gasteiger partial charge in [-0.15, -0.1) is 0 Å². The molecule has 1 saturated carbocycles. The Morgan fingerprint density at radius 3 is 2.04 bits per heavy atom. The van der Waals surface area contributed by atoms with Crippen LogP contribution in [0.4, 0.5) is 0 Å². The van der Waals surface area contributed by atoms with Gasteiger partial charge < -0.3 is 19.3 Å². The van der Waals surface area contributed by atoms with Crippen LogP contribution in [0.25, 0.3) is 0 Å². The number of hydrogen-bond acceptors (Lipinski definition) is 8. The maximum atomic E-state index is 12.7. The summed E-state index contributed by atoms with van der Waals surface area (Å²) < 4.78 is 13.5. The summed E-state index contributed by atoms with van der Waals surface area (Å²) >= 11 is 0. The smallest absolute Gasteiger partial charge is 0.339 e. The predicted octanol–water partition coefficient (Wildman–Crippen LogP) is 0.00210. The number of carbonyl (C=O) groups is 4. The van der Waals surface area contributed by atoms with E-state index in [9.17, 15) is 24.3 Å². The molecule has 1 rings (SSSR count). The standard InChI is InChI=1S/C15H22O8/c1-21-10(16)8-15(20,14(19)23-3)11(13(18)22-2)12(17)9-6-4-5-7-9/h9,11,20H,4-8H2,1-3H3. The van der Waals surface area contributed by atoms with Gasteiger partial charge in [0.15, 0.2) is 17.3 Å². The number of carbonyl (C=O) groups excluding carboxylic acids is 4. The van der Waals surface area contributed by atoms with Crippen LogP contribution >= 0.6 is 0 Å². The molecule has 23 heavy (non-hydrogen) atoms. The Labute approximate surface area is 134 Å². The lowest BCUT2D eigenvalue weighted by molar-refractivity contribution is -0.185. The van der Waals surface area contributed by atoms with E-state index in [0.29, 0.717) is 12.8 Å². The quantitative estimate of drug-likeness (QED) is 0.394. The molecule has 1 fully saturated rings. The molecule has 8 nitrogen and oxygen atoms in total. The number of aliphatic hydroxyl groups is 1. The highest BCUT2D eigenvalue weighted by atomic mass is 16.6. The molecule has 2 unspecified atom stereocenters. The van der Waals surface area contributed by atoms with Crippen molar-refractivity contribution in [2.75, 3.05) is 21.3 Å². The lowest BCUT2D eigenvalue weighted by Gasteiger charge is -2.31. The fourth-order valence-corrected chi connectivity index (χ4v) is 2.87. The molecule has 0 aromatic heterocycles. The second-order valence-electron chi connectivity index (χ2n) is 5.51. The monoisotopic (exact) mass is 330 g/mol. The summed E-state index contributed by atoms with van der Waals surface area (Å²) in [5.41, 5.74) is -2.66. The largest absolute Gasteiger partial charge is 0.469 e. The fraction of sp³-hybridized carbons (Fsp3) is 0.733. The van der Waals surface area contributed by atoms with Crippen LogP contribution in [0.1, 0.15) is 32.1 Å². The minimum Gasteiger partial charge on any atom is -0.469 e. The van der Waals surface area contributed by atoms with Crippen molar-refractivity contribution < 1.29 is 38.5 Å². The van der Waals surface area contributed by atoms with Crippen LogP contribution in [0.2, 0.25) is 0 Å². The Hall–Kier alpha value is -1.96. The summed E-state index contributed by atoms with van der Waals surface area (Å²) in [5, 5.41) is 10.7. The van der Waals surface area contributed by atoms with Crippen molar-refractivity contribution in [1.29, 1.82) is 0 Å². The average Bonchev–Trinajstić information content (AvgIpc) is 3.07. The molecule has 0 radical (unpaired) electrons. The van der Waals surface area contributed by atoms with Gasteiger partial charge in [-0.2, -0.15) is 0 Å². The molecule has 1 aliphatic rings. The van der Waals surface area contributed by atoms with Crippen LogP contribution in [0, 0.1) is 11.8 Å². The highest BCUT2D eigenvalue weighted by Crippen LogP contribution is 2.34. The highest BCUT2D eigenvalue weighted by Gasteiger charge is 2.56. The number of Topliss-reactive ketones (excluding diaryl/α,β-unsaturated/α-hetero) is 1. The van der Waals surface area contributed by atoms with Crippen molar-refractivity contribution in [1.82, 2.24) is 0 Å². The zero-order valence-corrected chi connectivity index (χ0v) is 13.5. The Balaban J connectivity index is 3.25. The molecule has 2 atom stereocenters. The van der Waals surface area contributed by atoms with Gasteiger partial charge in [0, 0.05) is 5.92 Å². The molecule has 1 aliphatic carbocycles. The minimum absolute atomic E-state index is 0.465. The molecule has 0 aromatic carbocycles. The molecule has 1 N–H and O–H groups in total. The van der Waals surface area contributed by atoms with Crippen LogP contribution in [-0.4, -0.2) is 55.7 Å². The molecule has 0 aromatic rings. The van der Waals surface area contributed by atoms with Gasteiger partial charge in [0.25, 0.3) is 0 Å². The molecule has 130 valence electrons. The Morgan fingerprint density at radius 1 is 1.04 bits per heavy atom. The van der Waals surface area contributed by atoms with Gasteiger partial charge in [0.1, 0.15) is 0 Å². The van der Waals surface area contributed by atoms with Gasteiger partial charge in [0.2, 0.25) is 0 Å². The second-order valence-corrected chi connectivity index (χ2v) is 5.51. The molecule has 0 aliphatic heterocycles. The molecule has 0 saturated heterocycles. The lowest BCUT2D eigenvalue weighted by Crippen LogP contribution is -2.55. The van der Waals surface area contributed by atoms with Gasteiger partial charge in [-0.1, -0.05) is 12.8 Å². The minimum atomic E-state index is -2.66. The van der Waals surface area contributed by atoms with E-state index in [1.54, 1.807) is 0 Å². The summed E-state index contributed by atoms with van der Waals surface area (Å²) in [4.78, 5) is 48.3. The van der Waals surface area contributed by atoms with E-state index in [1.165, 1.54) is 0 Å². The number of esters is 3. The van der Waals surface area contributed by atoms with Crippen molar-refractivity contribution in [3.8, 4) is 0 Å². The molecule has 0 bridgehead atoms. The van der Waals surface area contributed by atoms with E-state index < -0.39 is 47.5 Å². The van der Waals surface area contributed by atoms with Crippen molar-refractivity contribution in [2.24, 2.45) is 11.8 Å². The van der Waals surface area contributed by atoms with Crippen LogP contribution in [0.5, 0.6) is 0 Å². The molecular formula is C15H22O8. The van der Waals surface area contributed by atoms with Crippen LogP contribution in [-0.2, 0) is 33.4 Å². The Bertz CT molecular complexity index is 480. The third-order valence-corrected chi connectivity index (χ3v) is 4.14. The van der Waals surface area contributed by atoms with Crippen molar-refractivity contribution >= 4 is 23.7 Å². The van der Waals surface area contributed by atoms with Crippen LogP contribution < -0.4 is 0 Å². The van der Waals surface area contributed by atoms with Gasteiger partial charge in [-0.3, -0.25) is 14.4 Å². The van der Waals surface area contributed by atoms with Crippen LogP contribution in [0.15, 0.2) is 0 Å². The first kappa shape index (κ1) is 19.1. The fourth-order valence-electron chi connectivity index (χ4n) is 2.87. The van der Waals surface area contributed by atoms with E-state index in [1.807, 2.05) is 0 Å². The van der Waals surface area contributed by atoms with Crippen molar-refractivity contribution in [2.45, 2.75) is 37.7 Å². The number of hydrogen-bond donors (Lipinski definition) is 1. The molecule has 0 spiro atoms. The number of rotatable bonds is 7. The highest BCUT2D eigenvalue weighted by molar-refractivity contribution is 6.07. The average molecular weight is 330 g/mol. The normalized spacial score (nSPS) is 18.6. The van der Waals surface area contributed by atoms with E-state index >= 15 is 0 Å². The van der Waals surface area contributed by atoms with Gasteiger partial charge >= 0.3 is 17.9 Å². The first-order valence-corrected chi connectivity index (χ1v) is 7.31. The van der Waals surface area contributed by atoms with E-state index in [-0.39, 0.29) is 0 Å². The zero-order chi connectivity index (χ0) is 17.6. The third kappa shape index (κ3) is 4.07. The van der Waals surface area contributed by atoms with Crippen molar-refractivity contribution in [3.63, 3.8) is 0 Å². The molecule has 0 heterocycles. The first-order chi connectivity index (χ1) is 10.8. The van der Waals surface area contributed by atoms with Gasteiger partial charge in [0.05, 0.1) is 27.8 Å². The number of ether oxygens (including phenoxy) is 3. The lowest BCUT2D eigenvalue weighted by atomic mass is 9.77. The van der Waals surface area contributed by atoms with Gasteiger partial charge in [-0.25, -0.2) is 4.79 Å². The Kier molecular flexibility index (Phi) is 6.68. The summed E-state index contributed by atoms with van der Waals surface area (Å²) in [6, 6.07) is 0. The predicted molar refractivity (Wildman–Crippen MR) is 76.1 cm³/mol. The maximum Gasteiger partial charge on any atom is 0.339 e. The summed E-state index contributed by atoms with van der Waals surface area (Å²) in [6.45, 7) is 0. The van der Waals surface area contributed by atoms with E-state index in [0.717, 1.165) is 34.2 Å². The van der Waals surface area contributed by atoms with Gasteiger partial charge in [-0.05, 0) is 12.8 Å². The molecule has 8 heteroatoms. The van der Waals surface area contributed by atoms with Crippen LogP contribution in [0.3, 0.4) is 0 Å². The molecular weight excluding hydrogens is 308 g/mol. The van der Waals surface area contributed by atoms with E-state index in [2.05, 4.69) is 14.2 Å². The second kappa shape index (κ2) is 8.05. The zero-order valence-electron chi connectivity index (χ0n) is 13.5. The SMILES string of the molecule is COC(=O)CC(O)(C(=O)OC)C(C(=O)OC)C(=O)C1CCCC1. The first-order valence-electron chi connectivity index (χ1n) is 7.31. The topological polar surface area (TPSA) is 116 Å². The Morgan fingerprint density at radius 2 is 1.61 bits per heavy atom. The summed E-state index contributed by atoms with van der Waals surface area (Å²) in [5.74, 6) is -6.21.